The molecule has 2 aliphatic rings. The van der Waals surface area contributed by atoms with E-state index >= 15 is 0 Å². The quantitative estimate of drug-likeness (QED) is 0.615. The Kier molecular flexibility index (Phi) is 1.91. The highest BCUT2D eigenvalue weighted by Gasteiger charge is 2.39. The van der Waals surface area contributed by atoms with Crippen molar-refractivity contribution >= 4 is 23.8 Å². The monoisotopic (exact) mass is 200 g/mol. The van der Waals surface area contributed by atoms with Crippen molar-refractivity contribution in [2.75, 3.05) is 0 Å². The third-order valence-corrected chi connectivity index (χ3v) is 3.10. The molecular formula is C7H8N2O3S. The Morgan fingerprint density at radius 1 is 1.77 bits per heavy atom. The van der Waals surface area contributed by atoms with Gasteiger partial charge in [-0.15, -0.1) is 0 Å². The highest BCUT2D eigenvalue weighted by atomic mass is 32.2. The van der Waals surface area contributed by atoms with Crippen LogP contribution in [0.4, 0.5) is 4.79 Å². The third-order valence-electron chi connectivity index (χ3n) is 1.87. The van der Waals surface area contributed by atoms with Crippen LogP contribution in [0, 0.1) is 0 Å². The summed E-state index contributed by atoms with van der Waals surface area (Å²) in [6.07, 6.45) is 3.00. The molecule has 13 heavy (non-hydrogen) atoms. The topological polar surface area (TPSA) is 72.6 Å². The van der Waals surface area contributed by atoms with Crippen LogP contribution in [0.1, 0.15) is 6.42 Å². The van der Waals surface area contributed by atoms with Crippen molar-refractivity contribution in [1.82, 2.24) is 4.90 Å². The normalized spacial score (nSPS) is 30.8. The number of nitrogens with zero attached hydrogens (tertiary/aromatic N) is 1. The number of carbonyl (C=O) groups excluding carboxylic acids is 2. The van der Waals surface area contributed by atoms with Crippen LogP contribution in [0.15, 0.2) is 12.3 Å². The van der Waals surface area contributed by atoms with Gasteiger partial charge < -0.3 is 15.4 Å². The Balaban J connectivity index is 1.97. The molecule has 0 aromatic heterocycles. The Morgan fingerprint density at radius 2 is 2.54 bits per heavy atom. The van der Waals surface area contributed by atoms with Crippen molar-refractivity contribution in [3.05, 3.63) is 12.3 Å². The van der Waals surface area contributed by atoms with Crippen LogP contribution in [0.2, 0.25) is 0 Å². The van der Waals surface area contributed by atoms with E-state index in [1.54, 1.807) is 17.2 Å². The van der Waals surface area contributed by atoms with Crippen LogP contribution in [-0.2, 0) is 9.53 Å². The lowest BCUT2D eigenvalue weighted by Crippen LogP contribution is -2.50. The molecule has 1 unspecified atom stereocenters. The van der Waals surface area contributed by atoms with Gasteiger partial charge in [0.15, 0.2) is 5.44 Å². The smallest absolute Gasteiger partial charge is 0.405 e. The second kappa shape index (κ2) is 2.95. The van der Waals surface area contributed by atoms with Gasteiger partial charge in [-0.1, -0.05) is 11.8 Å². The van der Waals surface area contributed by atoms with E-state index in [4.69, 9.17) is 10.5 Å². The summed E-state index contributed by atoms with van der Waals surface area (Å²) in [5.74, 6) is 0.103. The molecule has 2 amide bonds. The van der Waals surface area contributed by atoms with E-state index < -0.39 is 6.09 Å². The fraction of sp³-hybridized carbons (Fsp3) is 0.429. The lowest BCUT2D eigenvalue weighted by molar-refractivity contribution is -0.137. The van der Waals surface area contributed by atoms with Gasteiger partial charge in [0.05, 0.1) is 11.8 Å². The van der Waals surface area contributed by atoms with Crippen LogP contribution >= 0.6 is 11.8 Å². The molecule has 2 N–H and O–H groups in total. The average molecular weight is 200 g/mol. The highest BCUT2D eigenvalue weighted by molar-refractivity contribution is 8.00. The molecule has 2 aliphatic heterocycles. The number of β-lactam (4-membered cyclic amide) rings is 1. The predicted molar refractivity (Wildman–Crippen MR) is 46.4 cm³/mol. The maximum atomic E-state index is 10.9. The lowest BCUT2D eigenvalue weighted by atomic mass is 10.2. The van der Waals surface area contributed by atoms with Crippen LogP contribution in [-0.4, -0.2) is 27.7 Å². The van der Waals surface area contributed by atoms with E-state index in [9.17, 15) is 9.59 Å². The summed E-state index contributed by atoms with van der Waals surface area (Å²) in [6, 6.07) is 0. The minimum absolute atomic E-state index is 0.103. The highest BCUT2D eigenvalue weighted by Crippen LogP contribution is 2.37. The average Bonchev–Trinajstić information content (AvgIpc) is 2.01. The first-order chi connectivity index (χ1) is 6.16. The summed E-state index contributed by atoms with van der Waals surface area (Å²) < 4.78 is 4.76. The molecule has 1 fully saturated rings. The number of nitrogens with two attached hydrogens (primary N) is 1. The SMILES string of the molecule is NC(=O)OC1C=CN2C(=O)C[C@H]2S1. The minimum atomic E-state index is -0.791. The number of carbonyl (C=O) groups is 2. The first kappa shape index (κ1) is 8.43. The van der Waals surface area contributed by atoms with E-state index in [0.717, 1.165) is 0 Å². The van der Waals surface area contributed by atoms with Crippen LogP contribution in [0.5, 0.6) is 0 Å². The number of hydrogen-bond donors (Lipinski definition) is 1. The Hall–Kier alpha value is -1.17. The summed E-state index contributed by atoms with van der Waals surface area (Å²) in [5, 5.41) is 0.113. The summed E-state index contributed by atoms with van der Waals surface area (Å²) in [7, 11) is 0. The molecular weight excluding hydrogens is 192 g/mol. The van der Waals surface area contributed by atoms with E-state index in [2.05, 4.69) is 0 Å². The van der Waals surface area contributed by atoms with Gasteiger partial charge in [-0.05, 0) is 6.08 Å². The second-order valence-corrected chi connectivity index (χ2v) is 4.02. The molecule has 0 bridgehead atoms. The van der Waals surface area contributed by atoms with Gasteiger partial charge in [-0.2, -0.15) is 0 Å². The van der Waals surface area contributed by atoms with Crippen LogP contribution in [0.3, 0.4) is 0 Å². The number of amides is 2. The van der Waals surface area contributed by atoms with Crippen LogP contribution in [0.25, 0.3) is 0 Å². The minimum Gasteiger partial charge on any atom is -0.431 e. The predicted octanol–water partition coefficient (Wildman–Crippen LogP) is 0.227. The molecule has 0 aliphatic carbocycles. The largest absolute Gasteiger partial charge is 0.431 e. The number of rotatable bonds is 1. The number of ether oxygens (including phenoxy) is 1. The van der Waals surface area contributed by atoms with Crippen molar-refractivity contribution in [3.8, 4) is 0 Å². The van der Waals surface area contributed by atoms with Crippen molar-refractivity contribution < 1.29 is 14.3 Å². The standard InChI is InChI=1S/C7H8N2O3S/c8-7(11)12-6-1-2-9-4(10)3-5(9)13-6/h1-2,5-6H,3H2,(H2,8,11)/t5-,6?/m1/s1. The van der Waals surface area contributed by atoms with Crippen molar-refractivity contribution in [2.24, 2.45) is 5.73 Å². The van der Waals surface area contributed by atoms with Gasteiger partial charge in [-0.3, -0.25) is 4.79 Å². The summed E-state index contributed by atoms with van der Waals surface area (Å²) >= 11 is 1.41. The first-order valence-corrected chi connectivity index (χ1v) is 4.72. The third kappa shape index (κ3) is 1.49. The van der Waals surface area contributed by atoms with E-state index in [0.29, 0.717) is 6.42 Å². The molecule has 0 saturated carbocycles. The lowest BCUT2D eigenvalue weighted by Gasteiger charge is -2.41. The number of hydrogen-bond acceptors (Lipinski definition) is 4. The summed E-state index contributed by atoms with van der Waals surface area (Å²) in [6.45, 7) is 0. The molecule has 2 atom stereocenters. The summed E-state index contributed by atoms with van der Waals surface area (Å²) in [5.41, 5.74) is 4.51. The molecule has 0 aromatic rings. The zero-order valence-electron chi connectivity index (χ0n) is 6.67. The molecule has 2 heterocycles. The van der Waals surface area contributed by atoms with Crippen molar-refractivity contribution in [3.63, 3.8) is 0 Å². The van der Waals surface area contributed by atoms with Gasteiger partial charge in [0.2, 0.25) is 5.91 Å². The second-order valence-electron chi connectivity index (χ2n) is 2.74. The number of fused-ring (bicyclic) bond motifs is 1. The van der Waals surface area contributed by atoms with E-state index in [-0.39, 0.29) is 16.7 Å². The zero-order chi connectivity index (χ0) is 9.42. The molecule has 0 aromatic carbocycles. The number of primary amides is 1. The maximum Gasteiger partial charge on any atom is 0.405 e. The number of thioether (sulfide) groups is 1. The van der Waals surface area contributed by atoms with Gasteiger partial charge in [0, 0.05) is 6.20 Å². The summed E-state index contributed by atoms with van der Waals surface area (Å²) in [4.78, 5) is 22.9. The Labute approximate surface area is 78.9 Å². The molecule has 5 nitrogen and oxygen atoms in total. The Bertz CT molecular complexity index is 291. The van der Waals surface area contributed by atoms with Crippen molar-refractivity contribution in [1.29, 1.82) is 0 Å². The molecule has 1 saturated heterocycles. The molecule has 0 radical (unpaired) electrons. The van der Waals surface area contributed by atoms with Gasteiger partial charge in [0.25, 0.3) is 0 Å². The molecule has 0 spiro atoms. The first-order valence-electron chi connectivity index (χ1n) is 3.78. The molecule has 6 heteroatoms. The van der Waals surface area contributed by atoms with Gasteiger partial charge >= 0.3 is 6.09 Å². The molecule has 2 rings (SSSR count). The molecule has 70 valence electrons. The van der Waals surface area contributed by atoms with Gasteiger partial charge in [-0.25, -0.2) is 4.79 Å². The maximum absolute atomic E-state index is 10.9. The fourth-order valence-corrected chi connectivity index (χ4v) is 2.42. The van der Waals surface area contributed by atoms with E-state index in [1.165, 1.54) is 11.8 Å². The van der Waals surface area contributed by atoms with Gasteiger partial charge in [0.1, 0.15) is 0 Å². The zero-order valence-corrected chi connectivity index (χ0v) is 7.49. The Morgan fingerprint density at radius 3 is 3.08 bits per heavy atom. The van der Waals surface area contributed by atoms with Crippen LogP contribution < -0.4 is 5.73 Å². The van der Waals surface area contributed by atoms with Crippen molar-refractivity contribution in [2.45, 2.75) is 17.2 Å². The van der Waals surface area contributed by atoms with E-state index in [1.807, 2.05) is 0 Å². The fourth-order valence-electron chi connectivity index (χ4n) is 1.24.